The fraction of sp³-hybridized carbons (Fsp3) is 0.393. The SMILES string of the molecule is COc1cc(OC)cc(-c2nn(-c3cc(N4CC[C@H](OCCO)C4)ccc3C(F)(F)F)c(=O)c3c2CCN3C(N)=O)c1. The molecule has 0 radical (unpaired) electrons. The number of aromatic nitrogens is 2. The zero-order chi connectivity index (χ0) is 30.2. The molecule has 3 N–H and O–H groups in total. The number of alkyl halides is 3. The van der Waals surface area contributed by atoms with Gasteiger partial charge in [-0.15, -0.1) is 0 Å². The zero-order valence-electron chi connectivity index (χ0n) is 23.0. The highest BCUT2D eigenvalue weighted by atomic mass is 19.4. The Morgan fingerprint density at radius 1 is 1.12 bits per heavy atom. The number of nitrogens with zero attached hydrogens (tertiary/aromatic N) is 4. The second kappa shape index (κ2) is 11.5. The molecule has 224 valence electrons. The fourth-order valence-corrected chi connectivity index (χ4v) is 5.41. The quantitative estimate of drug-likeness (QED) is 0.410. The fourth-order valence-electron chi connectivity index (χ4n) is 5.41. The minimum absolute atomic E-state index is 0.0644. The standard InChI is InChI=1S/C28H30F3N5O6/c1-40-19-11-16(12-20(14-19)41-2)24-21-6-8-35(27(32)39)25(21)26(38)36(33-24)23-13-17(3-4-22(23)28(29,30)31)34-7-5-18(15-34)42-10-9-37/h3-4,11-14,18,37H,5-10,15H2,1-2H3,(H2,32,39)/t18-/m0/s1. The molecule has 1 fully saturated rings. The molecule has 2 aliphatic heterocycles. The topological polar surface area (TPSA) is 132 Å². The average Bonchev–Trinajstić information content (AvgIpc) is 3.63. The third-order valence-electron chi connectivity index (χ3n) is 7.38. The summed E-state index contributed by atoms with van der Waals surface area (Å²) in [6, 6.07) is 7.45. The third-order valence-corrected chi connectivity index (χ3v) is 7.38. The maximum Gasteiger partial charge on any atom is 0.418 e. The summed E-state index contributed by atoms with van der Waals surface area (Å²) in [7, 11) is 2.90. The lowest BCUT2D eigenvalue weighted by Gasteiger charge is -2.23. The van der Waals surface area contributed by atoms with E-state index in [-0.39, 0.29) is 43.7 Å². The Morgan fingerprint density at radius 3 is 2.45 bits per heavy atom. The van der Waals surface area contributed by atoms with Crippen molar-refractivity contribution in [2.75, 3.05) is 56.9 Å². The zero-order valence-corrected chi connectivity index (χ0v) is 23.0. The number of aliphatic hydroxyl groups is 1. The van der Waals surface area contributed by atoms with Crippen LogP contribution in [0.2, 0.25) is 0 Å². The highest BCUT2D eigenvalue weighted by Crippen LogP contribution is 2.39. The van der Waals surface area contributed by atoms with Crippen molar-refractivity contribution in [1.82, 2.24) is 9.78 Å². The predicted octanol–water partition coefficient (Wildman–Crippen LogP) is 2.96. The van der Waals surface area contributed by atoms with Gasteiger partial charge in [0.15, 0.2) is 0 Å². The normalized spacial score (nSPS) is 16.6. The second-order valence-electron chi connectivity index (χ2n) is 9.88. The van der Waals surface area contributed by atoms with Crippen molar-refractivity contribution < 1.29 is 37.3 Å². The lowest BCUT2D eigenvalue weighted by atomic mass is 10.0. The number of fused-ring (bicyclic) bond motifs is 1. The molecule has 42 heavy (non-hydrogen) atoms. The molecule has 2 aromatic carbocycles. The van der Waals surface area contributed by atoms with E-state index in [4.69, 9.17) is 25.1 Å². The number of primary amides is 1. The van der Waals surface area contributed by atoms with Gasteiger partial charge in [0.2, 0.25) is 0 Å². The summed E-state index contributed by atoms with van der Waals surface area (Å²) in [6.07, 6.45) is -4.20. The van der Waals surface area contributed by atoms with Gasteiger partial charge in [0, 0.05) is 42.5 Å². The predicted molar refractivity (Wildman–Crippen MR) is 148 cm³/mol. The summed E-state index contributed by atoms with van der Waals surface area (Å²) in [6.45, 7) is 0.964. The Labute approximate surface area is 238 Å². The number of methoxy groups -OCH3 is 2. The summed E-state index contributed by atoms with van der Waals surface area (Å²) in [5, 5.41) is 13.5. The summed E-state index contributed by atoms with van der Waals surface area (Å²) in [5.74, 6) is 0.791. The molecule has 2 amide bonds. The first-order chi connectivity index (χ1) is 20.0. The van der Waals surface area contributed by atoms with Gasteiger partial charge in [-0.3, -0.25) is 9.69 Å². The van der Waals surface area contributed by atoms with E-state index in [9.17, 15) is 22.8 Å². The highest BCUT2D eigenvalue weighted by molar-refractivity contribution is 5.94. The summed E-state index contributed by atoms with van der Waals surface area (Å²) in [5.41, 5.74) is 4.35. The van der Waals surface area contributed by atoms with Crippen molar-refractivity contribution >= 4 is 17.4 Å². The third kappa shape index (κ3) is 5.46. The average molecular weight is 590 g/mol. The molecule has 3 aromatic rings. The number of ether oxygens (including phenoxy) is 3. The van der Waals surface area contributed by atoms with Crippen LogP contribution in [0, 0.1) is 0 Å². The number of hydrogen-bond donors (Lipinski definition) is 2. The maximum absolute atomic E-state index is 14.4. The van der Waals surface area contributed by atoms with Crippen molar-refractivity contribution in [3.63, 3.8) is 0 Å². The largest absolute Gasteiger partial charge is 0.497 e. The molecule has 0 saturated carbocycles. The van der Waals surface area contributed by atoms with Crippen LogP contribution in [0.25, 0.3) is 16.9 Å². The van der Waals surface area contributed by atoms with E-state index in [0.29, 0.717) is 52.5 Å². The molecule has 5 rings (SSSR count). The number of anilines is 2. The van der Waals surface area contributed by atoms with Gasteiger partial charge in [0.25, 0.3) is 5.56 Å². The minimum atomic E-state index is -4.82. The Bertz CT molecular complexity index is 1540. The molecule has 1 saturated heterocycles. The number of rotatable bonds is 8. The molecule has 0 unspecified atom stereocenters. The first kappa shape index (κ1) is 29.2. The number of carbonyl (C=O) groups excluding carboxylic acids is 1. The number of urea groups is 1. The number of hydrogen-bond acceptors (Lipinski definition) is 8. The molecule has 11 nitrogen and oxygen atoms in total. The monoisotopic (exact) mass is 589 g/mol. The van der Waals surface area contributed by atoms with Gasteiger partial charge in [-0.1, -0.05) is 0 Å². The van der Waals surface area contributed by atoms with Crippen LogP contribution >= 0.6 is 0 Å². The summed E-state index contributed by atoms with van der Waals surface area (Å²) >= 11 is 0. The van der Waals surface area contributed by atoms with Gasteiger partial charge in [0.1, 0.15) is 17.2 Å². The minimum Gasteiger partial charge on any atom is -0.497 e. The van der Waals surface area contributed by atoms with Gasteiger partial charge in [-0.2, -0.15) is 23.0 Å². The molecule has 14 heteroatoms. The van der Waals surface area contributed by atoms with Gasteiger partial charge in [0.05, 0.1) is 50.5 Å². The van der Waals surface area contributed by atoms with Crippen LogP contribution in [0.4, 0.5) is 29.3 Å². The van der Waals surface area contributed by atoms with Crippen molar-refractivity contribution in [2.45, 2.75) is 25.1 Å². The van der Waals surface area contributed by atoms with Gasteiger partial charge < -0.3 is 30.0 Å². The molecule has 0 bridgehead atoms. The van der Waals surface area contributed by atoms with Crippen LogP contribution in [0.1, 0.15) is 17.5 Å². The van der Waals surface area contributed by atoms with Crippen molar-refractivity contribution in [3.8, 4) is 28.4 Å². The summed E-state index contributed by atoms with van der Waals surface area (Å²) in [4.78, 5) is 29.1. The lowest BCUT2D eigenvalue weighted by molar-refractivity contribution is -0.137. The van der Waals surface area contributed by atoms with Crippen LogP contribution in [-0.4, -0.2) is 74.1 Å². The maximum atomic E-state index is 14.4. The smallest absolute Gasteiger partial charge is 0.418 e. The van der Waals surface area contributed by atoms with Crippen LogP contribution < -0.4 is 30.6 Å². The van der Waals surface area contributed by atoms with E-state index in [2.05, 4.69) is 5.10 Å². The molecule has 3 heterocycles. The van der Waals surface area contributed by atoms with Gasteiger partial charge >= 0.3 is 12.2 Å². The molecular weight excluding hydrogens is 559 g/mol. The molecule has 0 aliphatic carbocycles. The molecule has 2 aliphatic rings. The number of aliphatic hydroxyl groups excluding tert-OH is 1. The number of benzene rings is 2. The molecule has 1 atom stereocenters. The van der Waals surface area contributed by atoms with E-state index < -0.39 is 29.0 Å². The van der Waals surface area contributed by atoms with Gasteiger partial charge in [-0.05, 0) is 43.2 Å². The first-order valence-electron chi connectivity index (χ1n) is 13.2. The van der Waals surface area contributed by atoms with E-state index in [1.54, 1.807) is 18.2 Å². The second-order valence-corrected chi connectivity index (χ2v) is 9.88. The Balaban J connectivity index is 1.73. The number of carbonyl (C=O) groups is 1. The number of amides is 2. The van der Waals surface area contributed by atoms with E-state index in [1.807, 2.05) is 4.90 Å². The van der Waals surface area contributed by atoms with Crippen LogP contribution in [0.5, 0.6) is 11.5 Å². The van der Waals surface area contributed by atoms with Crippen LogP contribution in [0.15, 0.2) is 41.2 Å². The molecular formula is C28H30F3N5O6. The van der Waals surface area contributed by atoms with Crippen molar-refractivity contribution in [3.05, 3.63) is 57.9 Å². The van der Waals surface area contributed by atoms with Crippen molar-refractivity contribution in [2.24, 2.45) is 5.73 Å². The van der Waals surface area contributed by atoms with E-state index in [0.717, 1.165) is 11.0 Å². The molecule has 0 spiro atoms. The van der Waals surface area contributed by atoms with Gasteiger partial charge in [-0.25, -0.2) is 4.79 Å². The Kier molecular flexibility index (Phi) is 8.01. The van der Waals surface area contributed by atoms with Crippen molar-refractivity contribution in [1.29, 1.82) is 0 Å². The molecule has 1 aromatic heterocycles. The summed E-state index contributed by atoms with van der Waals surface area (Å²) < 4.78 is 60.1. The number of nitrogens with two attached hydrogens (primary N) is 1. The van der Waals surface area contributed by atoms with E-state index in [1.165, 1.54) is 26.4 Å². The Morgan fingerprint density at radius 2 is 1.83 bits per heavy atom. The Hall–Kier alpha value is -4.30. The first-order valence-corrected chi connectivity index (χ1v) is 13.2. The highest BCUT2D eigenvalue weighted by Gasteiger charge is 2.38. The number of halogens is 3. The van der Waals surface area contributed by atoms with Crippen LogP contribution in [-0.2, 0) is 17.3 Å². The van der Waals surface area contributed by atoms with E-state index >= 15 is 0 Å². The lowest BCUT2D eigenvalue weighted by Crippen LogP contribution is -2.39. The van der Waals surface area contributed by atoms with Crippen LogP contribution in [0.3, 0.4) is 0 Å².